The Morgan fingerprint density at radius 2 is 1.95 bits per heavy atom. The monoisotopic (exact) mass is 288 g/mol. The van der Waals surface area contributed by atoms with Crippen LogP contribution in [0.25, 0.3) is 0 Å². The average Bonchev–Trinajstić information content (AvgIpc) is 3.31. The Balaban J connectivity index is 1.65. The number of carbonyl (C=O) groups is 2. The molecule has 2 aliphatic rings. The van der Waals surface area contributed by atoms with Crippen LogP contribution in [-0.2, 0) is 15.0 Å². The number of hydrogen-bond donors (Lipinski definition) is 3. The van der Waals surface area contributed by atoms with E-state index in [1.54, 1.807) is 12.1 Å². The molecular formula is C16H20N2O3. The zero-order valence-electron chi connectivity index (χ0n) is 11.9. The molecule has 112 valence electrons. The van der Waals surface area contributed by atoms with Crippen LogP contribution in [-0.4, -0.2) is 30.1 Å². The maximum Gasteiger partial charge on any atom is 0.314 e. The highest BCUT2D eigenvalue weighted by molar-refractivity contribution is 5.93. The van der Waals surface area contributed by atoms with E-state index in [1.807, 2.05) is 12.1 Å². The standard InChI is InChI=1S/C16H20N2O3/c19-14(11-2-1-9-17-10-11)18-13-5-3-12(4-6-13)16(7-8-16)15(20)21/h3-6,11,17H,1-2,7-10H2,(H,18,19)(H,20,21)/t11-/m0/s1. The molecule has 0 bridgehead atoms. The highest BCUT2D eigenvalue weighted by Gasteiger charge is 2.51. The van der Waals surface area contributed by atoms with Gasteiger partial charge in [-0.25, -0.2) is 0 Å². The predicted molar refractivity (Wildman–Crippen MR) is 79.2 cm³/mol. The minimum atomic E-state index is -0.757. The van der Waals surface area contributed by atoms with Crippen LogP contribution in [0.15, 0.2) is 24.3 Å². The minimum Gasteiger partial charge on any atom is -0.481 e. The second-order valence-electron chi connectivity index (χ2n) is 6.00. The number of piperidine rings is 1. The fourth-order valence-corrected chi connectivity index (χ4v) is 2.94. The lowest BCUT2D eigenvalue weighted by Gasteiger charge is -2.22. The topological polar surface area (TPSA) is 78.4 Å². The SMILES string of the molecule is O=C(Nc1ccc(C2(C(=O)O)CC2)cc1)[C@H]1CCCNC1. The van der Waals surface area contributed by atoms with Crippen molar-refractivity contribution in [2.75, 3.05) is 18.4 Å². The second kappa shape index (κ2) is 5.48. The molecule has 0 radical (unpaired) electrons. The summed E-state index contributed by atoms with van der Waals surface area (Å²) in [7, 11) is 0. The molecule has 1 saturated carbocycles. The molecule has 1 aliphatic carbocycles. The van der Waals surface area contributed by atoms with Gasteiger partial charge in [0.15, 0.2) is 0 Å². The van der Waals surface area contributed by atoms with E-state index in [0.29, 0.717) is 12.8 Å². The van der Waals surface area contributed by atoms with Crippen LogP contribution in [0.5, 0.6) is 0 Å². The molecule has 1 aliphatic heterocycles. The van der Waals surface area contributed by atoms with Crippen molar-refractivity contribution in [2.24, 2.45) is 5.92 Å². The molecule has 1 aromatic rings. The Bertz CT molecular complexity index is 543. The van der Waals surface area contributed by atoms with Crippen LogP contribution in [0.1, 0.15) is 31.2 Å². The first-order valence-corrected chi connectivity index (χ1v) is 7.47. The molecule has 21 heavy (non-hydrogen) atoms. The van der Waals surface area contributed by atoms with Crippen molar-refractivity contribution in [3.63, 3.8) is 0 Å². The number of carbonyl (C=O) groups excluding carboxylic acids is 1. The first-order chi connectivity index (χ1) is 10.1. The highest BCUT2D eigenvalue weighted by atomic mass is 16.4. The molecule has 1 heterocycles. The zero-order chi connectivity index (χ0) is 14.9. The average molecular weight is 288 g/mol. The van der Waals surface area contributed by atoms with Crippen molar-refractivity contribution in [3.8, 4) is 0 Å². The molecule has 3 rings (SSSR count). The predicted octanol–water partition coefficient (Wildman–Crippen LogP) is 1.74. The van der Waals surface area contributed by atoms with Gasteiger partial charge in [-0.2, -0.15) is 0 Å². The van der Waals surface area contributed by atoms with E-state index >= 15 is 0 Å². The number of benzene rings is 1. The lowest BCUT2D eigenvalue weighted by atomic mass is 9.95. The molecule has 1 saturated heterocycles. The summed E-state index contributed by atoms with van der Waals surface area (Å²) in [4.78, 5) is 23.4. The summed E-state index contributed by atoms with van der Waals surface area (Å²) in [6.45, 7) is 1.71. The van der Waals surface area contributed by atoms with Crippen molar-refractivity contribution < 1.29 is 14.7 Å². The van der Waals surface area contributed by atoms with Crippen LogP contribution in [0.3, 0.4) is 0 Å². The number of aliphatic carboxylic acids is 1. The lowest BCUT2D eigenvalue weighted by molar-refractivity contribution is -0.140. The number of carboxylic acids is 1. The van der Waals surface area contributed by atoms with E-state index < -0.39 is 11.4 Å². The van der Waals surface area contributed by atoms with E-state index in [-0.39, 0.29) is 11.8 Å². The van der Waals surface area contributed by atoms with Gasteiger partial charge in [0.05, 0.1) is 11.3 Å². The molecule has 1 aromatic carbocycles. The summed E-state index contributed by atoms with van der Waals surface area (Å²) in [5.41, 5.74) is 0.873. The van der Waals surface area contributed by atoms with Gasteiger partial charge in [0.25, 0.3) is 0 Å². The van der Waals surface area contributed by atoms with Crippen LogP contribution in [0, 0.1) is 5.92 Å². The smallest absolute Gasteiger partial charge is 0.314 e. The summed E-state index contributed by atoms with van der Waals surface area (Å²) < 4.78 is 0. The van der Waals surface area contributed by atoms with Gasteiger partial charge in [-0.3, -0.25) is 9.59 Å². The molecule has 5 heteroatoms. The summed E-state index contributed by atoms with van der Waals surface area (Å²) in [6, 6.07) is 7.23. The molecule has 5 nitrogen and oxygen atoms in total. The summed E-state index contributed by atoms with van der Waals surface area (Å²) >= 11 is 0. The number of carboxylic acid groups (broad SMARTS) is 1. The Morgan fingerprint density at radius 1 is 1.24 bits per heavy atom. The van der Waals surface area contributed by atoms with Gasteiger partial charge in [0.1, 0.15) is 0 Å². The maximum absolute atomic E-state index is 12.1. The quantitative estimate of drug-likeness (QED) is 0.788. The minimum absolute atomic E-state index is 0.0206. The van der Waals surface area contributed by atoms with Gasteiger partial charge >= 0.3 is 5.97 Å². The maximum atomic E-state index is 12.1. The number of nitrogens with one attached hydrogen (secondary N) is 2. The van der Waals surface area contributed by atoms with Crippen molar-refractivity contribution in [3.05, 3.63) is 29.8 Å². The Hall–Kier alpha value is -1.88. The fraction of sp³-hybridized carbons (Fsp3) is 0.500. The van der Waals surface area contributed by atoms with Gasteiger partial charge in [0, 0.05) is 12.2 Å². The fourth-order valence-electron chi connectivity index (χ4n) is 2.94. The van der Waals surface area contributed by atoms with Crippen molar-refractivity contribution in [2.45, 2.75) is 31.1 Å². The number of anilines is 1. The van der Waals surface area contributed by atoms with Crippen LogP contribution < -0.4 is 10.6 Å². The zero-order valence-corrected chi connectivity index (χ0v) is 11.9. The Morgan fingerprint density at radius 3 is 2.48 bits per heavy atom. The third-order valence-electron chi connectivity index (χ3n) is 4.53. The molecule has 1 atom stereocenters. The Kier molecular flexibility index (Phi) is 3.68. The largest absolute Gasteiger partial charge is 0.481 e. The van der Waals surface area contributed by atoms with E-state index in [4.69, 9.17) is 0 Å². The van der Waals surface area contributed by atoms with Gasteiger partial charge in [0.2, 0.25) is 5.91 Å². The van der Waals surface area contributed by atoms with Gasteiger partial charge in [-0.1, -0.05) is 12.1 Å². The molecule has 0 unspecified atom stereocenters. The highest BCUT2D eigenvalue weighted by Crippen LogP contribution is 2.48. The molecule has 0 aromatic heterocycles. The van der Waals surface area contributed by atoms with Crippen LogP contribution in [0.4, 0.5) is 5.69 Å². The number of hydrogen-bond acceptors (Lipinski definition) is 3. The van der Waals surface area contributed by atoms with Crippen LogP contribution >= 0.6 is 0 Å². The van der Waals surface area contributed by atoms with E-state index in [0.717, 1.165) is 37.2 Å². The second-order valence-corrected chi connectivity index (χ2v) is 6.00. The molecular weight excluding hydrogens is 268 g/mol. The van der Waals surface area contributed by atoms with E-state index in [1.165, 1.54) is 0 Å². The first kappa shape index (κ1) is 14.1. The summed E-state index contributed by atoms with van der Waals surface area (Å²) in [5, 5.41) is 15.4. The summed E-state index contributed by atoms with van der Waals surface area (Å²) in [5.74, 6) is -0.700. The van der Waals surface area contributed by atoms with Gasteiger partial charge < -0.3 is 15.7 Å². The lowest BCUT2D eigenvalue weighted by Crippen LogP contribution is -2.37. The van der Waals surface area contributed by atoms with Crippen molar-refractivity contribution in [1.29, 1.82) is 0 Å². The van der Waals surface area contributed by atoms with Crippen molar-refractivity contribution >= 4 is 17.6 Å². The number of rotatable bonds is 4. The molecule has 0 spiro atoms. The summed E-state index contributed by atoms with van der Waals surface area (Å²) in [6.07, 6.45) is 3.33. The normalized spacial score (nSPS) is 23.3. The van der Waals surface area contributed by atoms with Gasteiger partial charge in [-0.05, 0) is 49.9 Å². The third-order valence-corrected chi connectivity index (χ3v) is 4.53. The van der Waals surface area contributed by atoms with Crippen molar-refractivity contribution in [1.82, 2.24) is 5.32 Å². The number of amides is 1. The van der Waals surface area contributed by atoms with Gasteiger partial charge in [-0.15, -0.1) is 0 Å². The first-order valence-electron chi connectivity index (χ1n) is 7.47. The van der Waals surface area contributed by atoms with E-state index in [2.05, 4.69) is 10.6 Å². The molecule has 2 fully saturated rings. The molecule has 1 amide bonds. The molecule has 3 N–H and O–H groups in total. The van der Waals surface area contributed by atoms with Crippen LogP contribution in [0.2, 0.25) is 0 Å². The third kappa shape index (κ3) is 2.78. The van der Waals surface area contributed by atoms with E-state index in [9.17, 15) is 14.7 Å². The Labute approximate surface area is 123 Å².